The van der Waals surface area contributed by atoms with E-state index in [4.69, 9.17) is 0 Å². The Morgan fingerprint density at radius 3 is 2.67 bits per heavy atom. The van der Waals surface area contributed by atoms with Crippen molar-refractivity contribution in [3.63, 3.8) is 0 Å². The normalized spacial score (nSPS) is 21.0. The van der Waals surface area contributed by atoms with Gasteiger partial charge in [0.25, 0.3) is 0 Å². The second kappa shape index (κ2) is 6.40. The molecule has 0 saturated carbocycles. The largest absolute Gasteiger partial charge is 0.310 e. The van der Waals surface area contributed by atoms with Crippen LogP contribution in [0.25, 0.3) is 0 Å². The lowest BCUT2D eigenvalue weighted by Gasteiger charge is -2.34. The minimum absolute atomic E-state index is 0.0772. The van der Waals surface area contributed by atoms with Gasteiger partial charge < -0.3 is 5.32 Å². The number of aryl methyl sites for hydroxylation is 1. The first-order valence-corrected chi connectivity index (χ1v) is 7.84. The summed E-state index contributed by atoms with van der Waals surface area (Å²) < 4.78 is 13.9. The third-order valence-corrected chi connectivity index (χ3v) is 4.51. The van der Waals surface area contributed by atoms with Gasteiger partial charge in [0, 0.05) is 6.04 Å². The van der Waals surface area contributed by atoms with E-state index in [1.165, 1.54) is 11.1 Å². The molecular weight excluding hydrogens is 261 g/mol. The van der Waals surface area contributed by atoms with Crippen molar-refractivity contribution in [3.05, 3.63) is 71.0 Å². The maximum Gasteiger partial charge on any atom is 0.126 e. The zero-order valence-electron chi connectivity index (χ0n) is 12.5. The fraction of sp³-hybridized carbons (Fsp3) is 0.368. The highest BCUT2D eigenvalue weighted by molar-refractivity contribution is 5.33. The highest BCUT2D eigenvalue weighted by Crippen LogP contribution is 2.36. The summed E-state index contributed by atoms with van der Waals surface area (Å²) in [6.45, 7) is 3.07. The summed E-state index contributed by atoms with van der Waals surface area (Å²) >= 11 is 0. The van der Waals surface area contributed by atoms with Crippen LogP contribution in [0.1, 0.15) is 36.1 Å². The van der Waals surface area contributed by atoms with Crippen molar-refractivity contribution >= 4 is 0 Å². The number of halogens is 1. The molecule has 110 valence electrons. The van der Waals surface area contributed by atoms with E-state index in [0.717, 1.165) is 31.4 Å². The molecule has 0 radical (unpaired) electrons. The maximum absolute atomic E-state index is 13.9. The van der Waals surface area contributed by atoms with E-state index in [2.05, 4.69) is 36.5 Å². The molecule has 0 spiro atoms. The molecule has 2 aromatic carbocycles. The van der Waals surface area contributed by atoms with E-state index in [0.29, 0.717) is 12.0 Å². The van der Waals surface area contributed by atoms with Gasteiger partial charge in [0.1, 0.15) is 5.82 Å². The van der Waals surface area contributed by atoms with Gasteiger partial charge in [0.2, 0.25) is 0 Å². The summed E-state index contributed by atoms with van der Waals surface area (Å²) in [5.41, 5.74) is 3.67. The molecule has 2 unspecified atom stereocenters. The average Bonchev–Trinajstić information content (AvgIpc) is 2.52. The van der Waals surface area contributed by atoms with E-state index in [1.54, 1.807) is 12.1 Å². The van der Waals surface area contributed by atoms with E-state index < -0.39 is 0 Å². The van der Waals surface area contributed by atoms with Crippen LogP contribution >= 0.6 is 0 Å². The van der Waals surface area contributed by atoms with Gasteiger partial charge in [0.05, 0.1) is 0 Å². The monoisotopic (exact) mass is 283 g/mol. The van der Waals surface area contributed by atoms with E-state index in [9.17, 15) is 4.39 Å². The van der Waals surface area contributed by atoms with Gasteiger partial charge >= 0.3 is 0 Å². The molecule has 1 aliphatic rings. The molecule has 1 N–H and O–H groups in total. The Morgan fingerprint density at radius 2 is 1.86 bits per heavy atom. The molecule has 0 aromatic heterocycles. The van der Waals surface area contributed by atoms with E-state index in [-0.39, 0.29) is 5.82 Å². The van der Waals surface area contributed by atoms with Crippen molar-refractivity contribution in [2.75, 3.05) is 6.54 Å². The number of benzene rings is 2. The molecule has 2 heteroatoms. The molecule has 2 atom stereocenters. The molecule has 3 rings (SSSR count). The summed E-state index contributed by atoms with van der Waals surface area (Å²) in [6.07, 6.45) is 3.01. The van der Waals surface area contributed by atoms with Crippen molar-refractivity contribution in [1.29, 1.82) is 0 Å². The minimum atomic E-state index is -0.0772. The fourth-order valence-corrected chi connectivity index (χ4v) is 3.49. The lowest BCUT2D eigenvalue weighted by molar-refractivity contribution is 0.320. The molecular formula is C19H22FN. The van der Waals surface area contributed by atoms with Gasteiger partial charge in [0.15, 0.2) is 0 Å². The Morgan fingerprint density at radius 1 is 1.10 bits per heavy atom. The van der Waals surface area contributed by atoms with Gasteiger partial charge in [-0.15, -0.1) is 0 Å². The number of rotatable bonds is 4. The van der Waals surface area contributed by atoms with Gasteiger partial charge in [-0.05, 0) is 54.5 Å². The second-order valence-electron chi connectivity index (χ2n) is 5.83. The van der Waals surface area contributed by atoms with Gasteiger partial charge in [-0.2, -0.15) is 0 Å². The number of hydrogen-bond acceptors (Lipinski definition) is 1. The summed E-state index contributed by atoms with van der Waals surface area (Å²) in [5.74, 6) is 0.378. The summed E-state index contributed by atoms with van der Waals surface area (Å²) in [6, 6.07) is 16.2. The summed E-state index contributed by atoms with van der Waals surface area (Å²) in [4.78, 5) is 0. The fourth-order valence-electron chi connectivity index (χ4n) is 3.49. The third-order valence-electron chi connectivity index (χ3n) is 4.51. The SMILES string of the molecule is CCNC1c2ccccc2CCC1Cc1ccccc1F. The summed E-state index contributed by atoms with van der Waals surface area (Å²) in [5, 5.41) is 3.61. The Balaban J connectivity index is 1.87. The first-order chi connectivity index (χ1) is 10.3. The molecule has 0 bridgehead atoms. The molecule has 0 aliphatic heterocycles. The zero-order valence-corrected chi connectivity index (χ0v) is 12.5. The van der Waals surface area contributed by atoms with Gasteiger partial charge in [-0.1, -0.05) is 49.4 Å². The van der Waals surface area contributed by atoms with Crippen LogP contribution in [-0.2, 0) is 12.8 Å². The molecule has 0 saturated heterocycles. The summed E-state index contributed by atoms with van der Waals surface area (Å²) in [7, 11) is 0. The standard InChI is InChI=1S/C19H22FN/c1-2-21-19-16(13-15-8-4-6-10-18(15)20)12-11-14-7-3-5-9-17(14)19/h3-10,16,19,21H,2,11-13H2,1H3. The lowest BCUT2D eigenvalue weighted by Crippen LogP contribution is -2.33. The van der Waals surface area contributed by atoms with Crippen LogP contribution in [0.2, 0.25) is 0 Å². The Bertz CT molecular complexity index is 608. The van der Waals surface area contributed by atoms with Gasteiger partial charge in [-0.25, -0.2) is 4.39 Å². The topological polar surface area (TPSA) is 12.0 Å². The maximum atomic E-state index is 13.9. The number of hydrogen-bond donors (Lipinski definition) is 1. The van der Waals surface area contributed by atoms with Crippen LogP contribution in [0.15, 0.2) is 48.5 Å². The van der Waals surface area contributed by atoms with Crippen LogP contribution in [0.5, 0.6) is 0 Å². The predicted octanol–water partition coefficient (Wildman–Crippen LogP) is 4.28. The molecule has 1 aliphatic carbocycles. The molecule has 0 fully saturated rings. The molecule has 2 aromatic rings. The first-order valence-electron chi connectivity index (χ1n) is 7.84. The zero-order chi connectivity index (χ0) is 14.7. The second-order valence-corrected chi connectivity index (χ2v) is 5.83. The predicted molar refractivity (Wildman–Crippen MR) is 84.8 cm³/mol. The van der Waals surface area contributed by atoms with Crippen LogP contribution in [0, 0.1) is 11.7 Å². The quantitative estimate of drug-likeness (QED) is 0.883. The van der Waals surface area contributed by atoms with Crippen molar-refractivity contribution in [3.8, 4) is 0 Å². The van der Waals surface area contributed by atoms with E-state index >= 15 is 0 Å². The average molecular weight is 283 g/mol. The van der Waals surface area contributed by atoms with Crippen LogP contribution < -0.4 is 5.32 Å². The molecule has 21 heavy (non-hydrogen) atoms. The van der Waals surface area contributed by atoms with Crippen molar-refractivity contribution < 1.29 is 4.39 Å². The van der Waals surface area contributed by atoms with Crippen LogP contribution in [0.3, 0.4) is 0 Å². The molecule has 0 amide bonds. The van der Waals surface area contributed by atoms with Crippen molar-refractivity contribution in [1.82, 2.24) is 5.32 Å². The molecule has 0 heterocycles. The third kappa shape index (κ3) is 3.01. The Labute approximate surface area is 126 Å². The minimum Gasteiger partial charge on any atom is -0.310 e. The molecule has 1 nitrogen and oxygen atoms in total. The highest BCUT2D eigenvalue weighted by atomic mass is 19.1. The smallest absolute Gasteiger partial charge is 0.126 e. The Kier molecular flexibility index (Phi) is 4.35. The van der Waals surface area contributed by atoms with E-state index in [1.807, 2.05) is 12.1 Å². The van der Waals surface area contributed by atoms with Crippen LogP contribution in [0.4, 0.5) is 4.39 Å². The Hall–Kier alpha value is -1.67. The first kappa shape index (κ1) is 14.3. The van der Waals surface area contributed by atoms with Crippen molar-refractivity contribution in [2.24, 2.45) is 5.92 Å². The van der Waals surface area contributed by atoms with Crippen LogP contribution in [-0.4, -0.2) is 6.54 Å². The number of fused-ring (bicyclic) bond motifs is 1. The highest BCUT2D eigenvalue weighted by Gasteiger charge is 2.29. The lowest BCUT2D eigenvalue weighted by atomic mass is 9.77. The van der Waals surface area contributed by atoms with Crippen molar-refractivity contribution in [2.45, 2.75) is 32.2 Å². The van der Waals surface area contributed by atoms with Gasteiger partial charge in [-0.3, -0.25) is 0 Å². The number of nitrogens with one attached hydrogen (secondary N) is 1.